The highest BCUT2D eigenvalue weighted by Gasteiger charge is 2.17. The molecule has 1 aliphatic heterocycles. The van der Waals surface area contributed by atoms with Gasteiger partial charge in [-0.15, -0.1) is 0 Å². The van der Waals surface area contributed by atoms with Gasteiger partial charge in [-0.2, -0.15) is 0 Å². The predicted octanol–water partition coefficient (Wildman–Crippen LogP) is 1.32. The molecule has 2 rings (SSSR count). The van der Waals surface area contributed by atoms with Crippen molar-refractivity contribution in [1.29, 1.82) is 0 Å². The van der Waals surface area contributed by atoms with Crippen LogP contribution in [0.2, 0.25) is 0 Å². The van der Waals surface area contributed by atoms with Crippen molar-refractivity contribution in [2.45, 2.75) is 19.1 Å². The smallest absolute Gasteiger partial charge is 0.146 e. The molecule has 0 spiro atoms. The highest BCUT2D eigenvalue weighted by molar-refractivity contribution is 5.49. The molecule has 6 heteroatoms. The minimum absolute atomic E-state index is 0.0419. The summed E-state index contributed by atoms with van der Waals surface area (Å²) in [5.74, 6) is -0.217. The predicted molar refractivity (Wildman–Crippen MR) is 83.7 cm³/mol. The van der Waals surface area contributed by atoms with Crippen LogP contribution in [-0.2, 0) is 9.47 Å². The first-order valence-corrected chi connectivity index (χ1v) is 7.64. The number of halogens is 1. The molecule has 1 saturated heterocycles. The number of aliphatic hydroxyl groups is 1. The van der Waals surface area contributed by atoms with E-state index in [4.69, 9.17) is 9.47 Å². The monoisotopic (exact) mass is 312 g/mol. The molecule has 0 radical (unpaired) electrons. The van der Waals surface area contributed by atoms with Gasteiger partial charge in [0, 0.05) is 32.8 Å². The second-order valence-corrected chi connectivity index (χ2v) is 5.55. The lowest BCUT2D eigenvalue weighted by atomic mass is 10.1. The molecule has 2 atom stereocenters. The van der Waals surface area contributed by atoms with E-state index < -0.39 is 6.10 Å². The first-order valence-electron chi connectivity index (χ1n) is 7.64. The van der Waals surface area contributed by atoms with Crippen LogP contribution in [0.3, 0.4) is 0 Å². The van der Waals surface area contributed by atoms with Crippen molar-refractivity contribution in [2.75, 3.05) is 51.5 Å². The molecular formula is C16H25FN2O3. The summed E-state index contributed by atoms with van der Waals surface area (Å²) in [7, 11) is 1.55. The van der Waals surface area contributed by atoms with E-state index in [0.29, 0.717) is 38.5 Å². The van der Waals surface area contributed by atoms with Crippen LogP contribution in [0, 0.1) is 5.82 Å². The minimum Gasteiger partial charge on any atom is -0.389 e. The van der Waals surface area contributed by atoms with E-state index in [1.807, 2.05) is 24.0 Å². The summed E-state index contributed by atoms with van der Waals surface area (Å²) in [5.41, 5.74) is 1.48. The molecule has 1 heterocycles. The van der Waals surface area contributed by atoms with Gasteiger partial charge >= 0.3 is 0 Å². The summed E-state index contributed by atoms with van der Waals surface area (Å²) < 4.78 is 24.5. The van der Waals surface area contributed by atoms with Crippen molar-refractivity contribution < 1.29 is 19.0 Å². The van der Waals surface area contributed by atoms with Crippen LogP contribution >= 0.6 is 0 Å². The van der Waals surface area contributed by atoms with Gasteiger partial charge in [-0.3, -0.25) is 0 Å². The Bertz CT molecular complexity index is 467. The molecular weight excluding hydrogens is 287 g/mol. The van der Waals surface area contributed by atoms with Gasteiger partial charge in [-0.1, -0.05) is 6.07 Å². The third-order valence-corrected chi connectivity index (χ3v) is 3.84. The summed E-state index contributed by atoms with van der Waals surface area (Å²) >= 11 is 0. The topological polar surface area (TPSA) is 54.0 Å². The molecule has 2 N–H and O–H groups in total. The molecule has 1 aromatic carbocycles. The van der Waals surface area contributed by atoms with Crippen LogP contribution in [0.15, 0.2) is 18.2 Å². The zero-order valence-corrected chi connectivity index (χ0v) is 13.2. The second kappa shape index (κ2) is 8.43. The van der Waals surface area contributed by atoms with Gasteiger partial charge in [0.05, 0.1) is 31.6 Å². The van der Waals surface area contributed by atoms with Crippen LogP contribution in [0.25, 0.3) is 0 Å². The number of benzene rings is 1. The van der Waals surface area contributed by atoms with Gasteiger partial charge in [-0.25, -0.2) is 4.39 Å². The number of hydrogen-bond donors (Lipinski definition) is 2. The number of aliphatic hydroxyl groups excluding tert-OH is 1. The fourth-order valence-corrected chi connectivity index (χ4v) is 2.54. The molecule has 0 aliphatic carbocycles. The lowest BCUT2D eigenvalue weighted by Crippen LogP contribution is -2.36. The Morgan fingerprint density at radius 1 is 1.41 bits per heavy atom. The van der Waals surface area contributed by atoms with Crippen molar-refractivity contribution in [3.05, 3.63) is 29.6 Å². The molecule has 2 unspecified atom stereocenters. The molecule has 0 aromatic heterocycles. The zero-order chi connectivity index (χ0) is 15.9. The van der Waals surface area contributed by atoms with Gasteiger partial charge in [0.25, 0.3) is 0 Å². The minimum atomic E-state index is -0.565. The van der Waals surface area contributed by atoms with Gasteiger partial charge in [0.2, 0.25) is 0 Å². The van der Waals surface area contributed by atoms with Crippen molar-refractivity contribution in [1.82, 2.24) is 5.32 Å². The molecule has 1 aliphatic rings. The first kappa shape index (κ1) is 17.1. The summed E-state index contributed by atoms with van der Waals surface area (Å²) in [6.07, 6.45) is -0.565. The molecule has 0 saturated carbocycles. The van der Waals surface area contributed by atoms with E-state index in [1.165, 1.54) is 0 Å². The number of nitrogens with one attached hydrogen (secondary N) is 1. The Labute approximate surface area is 131 Å². The zero-order valence-electron chi connectivity index (χ0n) is 13.2. The summed E-state index contributed by atoms with van der Waals surface area (Å²) in [6, 6.07) is 5.26. The summed E-state index contributed by atoms with van der Waals surface area (Å²) in [6.45, 7) is 5.34. The van der Waals surface area contributed by atoms with Gasteiger partial charge in [-0.05, 0) is 24.6 Å². The number of ether oxygens (including phenoxy) is 2. The van der Waals surface area contributed by atoms with Crippen LogP contribution in [0.4, 0.5) is 10.1 Å². The maximum atomic E-state index is 14.3. The Hall–Kier alpha value is -1.21. The number of nitrogens with zero attached hydrogens (tertiary/aromatic N) is 1. The number of rotatable bonds is 7. The maximum absolute atomic E-state index is 14.3. The normalized spacial score (nSPS) is 18.3. The maximum Gasteiger partial charge on any atom is 0.146 e. The fraction of sp³-hybridized carbons (Fsp3) is 0.625. The number of hydrogen-bond acceptors (Lipinski definition) is 5. The Morgan fingerprint density at radius 3 is 2.77 bits per heavy atom. The molecule has 1 fully saturated rings. The molecule has 22 heavy (non-hydrogen) atoms. The quantitative estimate of drug-likeness (QED) is 0.795. The summed E-state index contributed by atoms with van der Waals surface area (Å²) in [5, 5.41) is 12.8. The largest absolute Gasteiger partial charge is 0.389 e. The van der Waals surface area contributed by atoms with E-state index in [9.17, 15) is 9.50 Å². The van der Waals surface area contributed by atoms with Crippen molar-refractivity contribution >= 4 is 5.69 Å². The van der Waals surface area contributed by atoms with Crippen LogP contribution in [-0.4, -0.2) is 57.8 Å². The van der Waals surface area contributed by atoms with Crippen LogP contribution < -0.4 is 10.2 Å². The Morgan fingerprint density at radius 2 is 2.14 bits per heavy atom. The van der Waals surface area contributed by atoms with Crippen molar-refractivity contribution in [2.24, 2.45) is 0 Å². The third kappa shape index (κ3) is 4.64. The summed E-state index contributed by atoms with van der Waals surface area (Å²) in [4.78, 5) is 2.00. The van der Waals surface area contributed by atoms with Crippen molar-refractivity contribution in [3.63, 3.8) is 0 Å². The molecule has 124 valence electrons. The van der Waals surface area contributed by atoms with E-state index in [0.717, 1.165) is 5.56 Å². The van der Waals surface area contributed by atoms with Crippen LogP contribution in [0.5, 0.6) is 0 Å². The van der Waals surface area contributed by atoms with E-state index in [2.05, 4.69) is 5.32 Å². The van der Waals surface area contributed by atoms with E-state index in [-0.39, 0.29) is 18.5 Å². The fourth-order valence-electron chi connectivity index (χ4n) is 2.54. The van der Waals surface area contributed by atoms with Crippen LogP contribution in [0.1, 0.15) is 18.5 Å². The first-order chi connectivity index (χ1) is 10.6. The SMILES string of the molecule is COCC(O)CNC(C)c1ccc(N2CCOCC2)c(F)c1. The molecule has 5 nitrogen and oxygen atoms in total. The lowest BCUT2D eigenvalue weighted by molar-refractivity contribution is 0.0630. The van der Waals surface area contributed by atoms with E-state index >= 15 is 0 Å². The van der Waals surface area contributed by atoms with Gasteiger partial charge in [0.15, 0.2) is 0 Å². The lowest BCUT2D eigenvalue weighted by Gasteiger charge is -2.29. The number of anilines is 1. The van der Waals surface area contributed by atoms with E-state index in [1.54, 1.807) is 13.2 Å². The van der Waals surface area contributed by atoms with Crippen molar-refractivity contribution in [3.8, 4) is 0 Å². The standard InChI is InChI=1S/C16H25FN2O3/c1-12(18-10-14(20)11-21-2)13-3-4-16(15(17)9-13)19-5-7-22-8-6-19/h3-4,9,12,14,18,20H,5-8,10-11H2,1-2H3. The molecule has 0 amide bonds. The highest BCUT2D eigenvalue weighted by Crippen LogP contribution is 2.24. The molecule has 1 aromatic rings. The van der Waals surface area contributed by atoms with Gasteiger partial charge < -0.3 is 24.8 Å². The Kier molecular flexibility index (Phi) is 6.57. The Balaban J connectivity index is 1.95. The second-order valence-electron chi connectivity index (χ2n) is 5.55. The average molecular weight is 312 g/mol. The number of morpholine rings is 1. The highest BCUT2D eigenvalue weighted by atomic mass is 19.1. The average Bonchev–Trinajstić information content (AvgIpc) is 2.53. The molecule has 0 bridgehead atoms. The number of methoxy groups -OCH3 is 1. The third-order valence-electron chi connectivity index (χ3n) is 3.84. The van der Waals surface area contributed by atoms with Gasteiger partial charge in [0.1, 0.15) is 5.82 Å².